The predicted octanol–water partition coefficient (Wildman–Crippen LogP) is 12.6. The molecule has 11 heteroatoms. The maximum Gasteiger partial charge on any atom is 0.306 e. The van der Waals surface area contributed by atoms with Crippen LogP contribution in [0.4, 0.5) is 0 Å². The van der Waals surface area contributed by atoms with Gasteiger partial charge in [0, 0.05) is 12.8 Å². The fourth-order valence-corrected chi connectivity index (χ4v) is 6.56. The largest absolute Gasteiger partial charge is 0.756 e. The van der Waals surface area contributed by atoms with Gasteiger partial charge < -0.3 is 33.0 Å². The van der Waals surface area contributed by atoms with E-state index in [1.54, 1.807) is 12.2 Å². The number of esters is 2. The molecule has 0 fully saturated rings. The minimum Gasteiger partial charge on any atom is -0.756 e. The summed E-state index contributed by atoms with van der Waals surface area (Å²) in [6.45, 7) is 3.78. The summed E-state index contributed by atoms with van der Waals surface area (Å²) in [6, 6.07) is 0. The minimum atomic E-state index is -4.71. The molecule has 0 aromatic heterocycles. The molecule has 1 N–H and O–H groups in total. The number of carbonyl (C=O) groups is 2. The summed E-state index contributed by atoms with van der Waals surface area (Å²) in [5, 5.41) is 10.4. The molecule has 0 saturated carbocycles. The number of hydrogen-bond donors (Lipinski definition) is 1. The molecular weight excluding hydrogens is 826 g/mol. The van der Waals surface area contributed by atoms with E-state index in [2.05, 4.69) is 98.9 Å². The van der Waals surface area contributed by atoms with E-state index >= 15 is 0 Å². The van der Waals surface area contributed by atoms with Crippen LogP contribution in [0.3, 0.4) is 0 Å². The van der Waals surface area contributed by atoms with Crippen LogP contribution in [0.1, 0.15) is 155 Å². The van der Waals surface area contributed by atoms with Gasteiger partial charge in [-0.15, -0.1) is 0 Å². The molecule has 0 bridgehead atoms. The van der Waals surface area contributed by atoms with Crippen molar-refractivity contribution < 1.29 is 47.2 Å². The molecule has 0 aliphatic carbocycles. The second kappa shape index (κ2) is 43.5. The Morgan fingerprint density at radius 1 is 0.594 bits per heavy atom. The average molecular weight is 914 g/mol. The summed E-state index contributed by atoms with van der Waals surface area (Å²) in [5.41, 5.74) is 0. The number of quaternary nitrogens is 1. The molecule has 0 aliphatic heterocycles. The molecule has 0 heterocycles. The number of phosphoric acid groups is 1. The van der Waals surface area contributed by atoms with E-state index in [9.17, 15) is 24.2 Å². The van der Waals surface area contributed by atoms with Crippen molar-refractivity contribution in [1.82, 2.24) is 0 Å². The third kappa shape index (κ3) is 46.6. The van der Waals surface area contributed by atoms with Gasteiger partial charge in [0.1, 0.15) is 19.8 Å². The number of rotatable bonds is 42. The van der Waals surface area contributed by atoms with E-state index in [1.165, 1.54) is 32.1 Å². The summed E-state index contributed by atoms with van der Waals surface area (Å²) in [4.78, 5) is 37.7. The van der Waals surface area contributed by atoms with Gasteiger partial charge in [0.15, 0.2) is 6.10 Å². The molecule has 10 nitrogen and oxygen atoms in total. The Hall–Kier alpha value is -3.37. The lowest BCUT2D eigenvalue weighted by molar-refractivity contribution is -0.870. The maximum absolute atomic E-state index is 12.7. The van der Waals surface area contributed by atoms with Crippen LogP contribution in [0.2, 0.25) is 0 Å². The number of aliphatic hydroxyl groups is 1. The van der Waals surface area contributed by atoms with Crippen LogP contribution in [0.25, 0.3) is 0 Å². The number of aliphatic hydroxyl groups excluding tert-OH is 1. The smallest absolute Gasteiger partial charge is 0.306 e. The molecule has 0 aliphatic rings. The van der Waals surface area contributed by atoms with Gasteiger partial charge in [-0.1, -0.05) is 168 Å². The topological polar surface area (TPSA) is 131 Å². The zero-order valence-corrected chi connectivity index (χ0v) is 41.4. The summed E-state index contributed by atoms with van der Waals surface area (Å²) in [5.74, 6) is -1.14. The Morgan fingerprint density at radius 2 is 1.09 bits per heavy atom. The van der Waals surface area contributed by atoms with E-state index < -0.39 is 38.6 Å². The Labute approximate surface area is 389 Å². The molecule has 64 heavy (non-hydrogen) atoms. The van der Waals surface area contributed by atoms with Crippen LogP contribution >= 0.6 is 7.82 Å². The number of carbonyl (C=O) groups excluding carboxylic acids is 2. The molecule has 0 aromatic carbocycles. The number of likely N-dealkylation sites (N-methyl/N-ethyl adjacent to an activating group) is 1. The summed E-state index contributed by atoms with van der Waals surface area (Å²) in [7, 11) is 0.995. The normalized spacial score (nSPS) is 14.9. The highest BCUT2D eigenvalue weighted by Gasteiger charge is 2.22. The van der Waals surface area contributed by atoms with E-state index in [0.29, 0.717) is 17.4 Å². The summed E-state index contributed by atoms with van der Waals surface area (Å²) >= 11 is 0. The van der Waals surface area contributed by atoms with Crippen LogP contribution in [-0.4, -0.2) is 81.2 Å². The lowest BCUT2D eigenvalue weighted by Gasteiger charge is -2.28. The highest BCUT2D eigenvalue weighted by atomic mass is 31.2. The standard InChI is InChI=1S/C53H88NO9P/c1-6-8-10-12-14-16-18-20-22-24-25-26-27-29-31-33-35-37-39-41-43-52(56)60-48-51(49-62-64(58,59)61-47-46-54(3,4)5)63-53(57)45-44-50(55)42-40-38-36-34-32-30-28-23-21-19-17-15-13-11-9-7-2/h9,11,15-18,21-24,26-27,30,32,36,38,40,42,50-51,55H,6-8,10,12-14,19-20,25,28-29,31,33-35,37,39,41,43-49H2,1-5H3/b11-9-,17-15-,18-16-,23-21-,24-22-,27-26-,32-30-,38-36-,42-40-/t50?,51-/m1/s1. The van der Waals surface area contributed by atoms with Crippen molar-refractivity contribution in [1.29, 1.82) is 0 Å². The highest BCUT2D eigenvalue weighted by Crippen LogP contribution is 2.38. The van der Waals surface area contributed by atoms with Gasteiger partial charge >= 0.3 is 11.9 Å². The van der Waals surface area contributed by atoms with Crippen molar-refractivity contribution in [3.8, 4) is 0 Å². The van der Waals surface area contributed by atoms with Crippen LogP contribution in [-0.2, 0) is 32.7 Å². The van der Waals surface area contributed by atoms with Crippen molar-refractivity contribution in [2.45, 2.75) is 167 Å². The number of nitrogens with zero attached hydrogens (tertiary/aromatic N) is 1. The molecule has 0 radical (unpaired) electrons. The zero-order valence-electron chi connectivity index (χ0n) is 40.5. The van der Waals surface area contributed by atoms with Gasteiger partial charge in [-0.3, -0.25) is 14.2 Å². The second-order valence-electron chi connectivity index (χ2n) is 16.9. The van der Waals surface area contributed by atoms with Crippen LogP contribution < -0.4 is 4.89 Å². The Kier molecular flexibility index (Phi) is 41.2. The molecule has 0 rings (SSSR count). The molecule has 364 valence electrons. The van der Waals surface area contributed by atoms with Gasteiger partial charge in [-0.2, -0.15) is 0 Å². The van der Waals surface area contributed by atoms with Gasteiger partial charge in [-0.05, 0) is 83.5 Å². The maximum atomic E-state index is 12.7. The van der Waals surface area contributed by atoms with Crippen LogP contribution in [0.5, 0.6) is 0 Å². The number of hydrogen-bond acceptors (Lipinski definition) is 9. The minimum absolute atomic E-state index is 0.0819. The highest BCUT2D eigenvalue weighted by molar-refractivity contribution is 7.45. The number of ether oxygens (including phenoxy) is 2. The molecule has 2 unspecified atom stereocenters. The van der Waals surface area contributed by atoms with E-state index in [0.717, 1.165) is 83.5 Å². The monoisotopic (exact) mass is 914 g/mol. The third-order valence-electron chi connectivity index (χ3n) is 9.64. The lowest BCUT2D eigenvalue weighted by atomic mass is 10.1. The van der Waals surface area contributed by atoms with E-state index in [4.69, 9.17) is 18.5 Å². The summed E-state index contributed by atoms with van der Waals surface area (Å²) in [6.07, 6.45) is 55.9. The number of unbranched alkanes of at least 4 members (excludes halogenated alkanes) is 10. The van der Waals surface area contributed by atoms with Gasteiger partial charge in [0.05, 0.1) is 33.9 Å². The third-order valence-corrected chi connectivity index (χ3v) is 10.6. The van der Waals surface area contributed by atoms with E-state index in [1.807, 2.05) is 33.3 Å². The fraction of sp³-hybridized carbons (Fsp3) is 0.623. The first kappa shape index (κ1) is 60.6. The van der Waals surface area contributed by atoms with Crippen LogP contribution in [0.15, 0.2) is 109 Å². The van der Waals surface area contributed by atoms with Crippen molar-refractivity contribution >= 4 is 19.8 Å². The quantitative estimate of drug-likeness (QED) is 0.0159. The molecular formula is C53H88NO9P. The molecule has 3 atom stereocenters. The van der Waals surface area contributed by atoms with Gasteiger partial charge in [0.2, 0.25) is 0 Å². The predicted molar refractivity (Wildman–Crippen MR) is 264 cm³/mol. The SMILES string of the molecule is CC/C=C\C/C=C\C/C=C\C/C=C\C/C=C\C=C/C(O)CCC(=O)O[C@H](COC(=O)CCCCCCCC/C=C\C/C=C\C/C=C\CCCCCC)COP(=O)([O-])OCC[N+](C)(C)C. The van der Waals surface area contributed by atoms with Crippen molar-refractivity contribution in [3.63, 3.8) is 0 Å². The molecule has 0 spiro atoms. The van der Waals surface area contributed by atoms with Gasteiger partial charge in [0.25, 0.3) is 7.82 Å². The van der Waals surface area contributed by atoms with Crippen molar-refractivity contribution in [2.75, 3.05) is 47.5 Å². The molecule has 0 aromatic rings. The second-order valence-corrected chi connectivity index (χ2v) is 18.3. The van der Waals surface area contributed by atoms with E-state index in [-0.39, 0.29) is 32.5 Å². The zero-order chi connectivity index (χ0) is 47.3. The number of allylic oxidation sites excluding steroid dienone is 17. The fourth-order valence-electron chi connectivity index (χ4n) is 5.83. The first-order chi connectivity index (χ1) is 30.9. The first-order valence-corrected chi connectivity index (χ1v) is 25.7. The lowest BCUT2D eigenvalue weighted by Crippen LogP contribution is -2.37. The Morgan fingerprint density at radius 3 is 1.64 bits per heavy atom. The number of phosphoric ester groups is 1. The Bertz CT molecular complexity index is 1470. The van der Waals surface area contributed by atoms with Crippen molar-refractivity contribution in [3.05, 3.63) is 109 Å². The summed E-state index contributed by atoms with van der Waals surface area (Å²) < 4.78 is 33.7. The van der Waals surface area contributed by atoms with Gasteiger partial charge in [-0.25, -0.2) is 0 Å². The average Bonchev–Trinajstić information content (AvgIpc) is 3.25. The molecule has 0 amide bonds. The van der Waals surface area contributed by atoms with Crippen molar-refractivity contribution in [2.24, 2.45) is 0 Å². The first-order valence-electron chi connectivity index (χ1n) is 24.2. The molecule has 0 saturated heterocycles. The van der Waals surface area contributed by atoms with Crippen LogP contribution in [0, 0.1) is 0 Å². The Balaban J connectivity index is 4.57.